The number of hydrogen-bond donors (Lipinski definition) is 1. The van der Waals surface area contributed by atoms with Crippen LogP contribution in [0.25, 0.3) is 0 Å². The molecule has 0 aliphatic rings. The summed E-state index contributed by atoms with van der Waals surface area (Å²) in [7, 11) is 0. The monoisotopic (exact) mass is 375 g/mol. The van der Waals surface area contributed by atoms with Crippen LogP contribution in [0.5, 0.6) is 0 Å². The molecule has 2 nitrogen and oxygen atoms in total. The number of halogens is 4. The van der Waals surface area contributed by atoms with Crippen molar-refractivity contribution in [3.05, 3.63) is 61.8 Å². The summed E-state index contributed by atoms with van der Waals surface area (Å²) >= 11 is 15.3. The molecule has 0 aromatic heterocycles. The SMILES string of the molecule is Cc1ccc(Cl)c(NC(=O)c2cc(F)ccc2Br)c1Cl. The predicted octanol–water partition coefficient (Wildman–Crippen LogP) is 5.46. The Labute approximate surface area is 134 Å². The zero-order valence-electron chi connectivity index (χ0n) is 10.3. The number of carbonyl (C=O) groups excluding carboxylic acids is 1. The van der Waals surface area contributed by atoms with Gasteiger partial charge in [-0.3, -0.25) is 4.79 Å². The van der Waals surface area contributed by atoms with Crippen molar-refractivity contribution in [1.82, 2.24) is 0 Å². The van der Waals surface area contributed by atoms with Gasteiger partial charge >= 0.3 is 0 Å². The van der Waals surface area contributed by atoms with Gasteiger partial charge in [0, 0.05) is 4.47 Å². The van der Waals surface area contributed by atoms with Gasteiger partial charge in [-0.25, -0.2) is 4.39 Å². The Hall–Kier alpha value is -1.10. The van der Waals surface area contributed by atoms with Gasteiger partial charge in [0.15, 0.2) is 0 Å². The molecule has 20 heavy (non-hydrogen) atoms. The summed E-state index contributed by atoms with van der Waals surface area (Å²) in [4.78, 5) is 12.2. The maximum atomic E-state index is 13.2. The summed E-state index contributed by atoms with van der Waals surface area (Å²) in [6.45, 7) is 1.80. The van der Waals surface area contributed by atoms with Gasteiger partial charge in [-0.05, 0) is 52.7 Å². The summed E-state index contributed by atoms with van der Waals surface area (Å²) in [5, 5.41) is 3.28. The van der Waals surface area contributed by atoms with Crippen LogP contribution in [-0.2, 0) is 0 Å². The van der Waals surface area contributed by atoms with Crippen LogP contribution in [0.1, 0.15) is 15.9 Å². The number of nitrogens with one attached hydrogen (secondary N) is 1. The first-order valence-electron chi connectivity index (χ1n) is 5.61. The van der Waals surface area contributed by atoms with E-state index in [1.165, 1.54) is 12.1 Å². The minimum Gasteiger partial charge on any atom is -0.319 e. The number of amides is 1. The summed E-state index contributed by atoms with van der Waals surface area (Å²) in [6.07, 6.45) is 0. The van der Waals surface area contributed by atoms with Crippen LogP contribution < -0.4 is 5.32 Å². The minimum atomic E-state index is -0.500. The standard InChI is InChI=1S/C14H9BrCl2FNO/c1-7-2-5-11(16)13(12(7)17)19-14(20)9-6-8(18)3-4-10(9)15/h2-6H,1H3,(H,19,20). The molecular formula is C14H9BrCl2FNO. The van der Waals surface area contributed by atoms with E-state index in [2.05, 4.69) is 21.2 Å². The van der Waals surface area contributed by atoms with E-state index in [0.29, 0.717) is 20.2 Å². The molecule has 0 bridgehead atoms. The third-order valence-corrected chi connectivity index (χ3v) is 4.19. The van der Waals surface area contributed by atoms with Crippen LogP contribution in [0.15, 0.2) is 34.8 Å². The van der Waals surface area contributed by atoms with Gasteiger partial charge in [0.1, 0.15) is 5.82 Å². The van der Waals surface area contributed by atoms with Gasteiger partial charge in [-0.1, -0.05) is 29.3 Å². The van der Waals surface area contributed by atoms with Crippen LogP contribution in [0.4, 0.5) is 10.1 Å². The Balaban J connectivity index is 2.38. The number of rotatable bonds is 2. The van der Waals surface area contributed by atoms with Crippen molar-refractivity contribution in [1.29, 1.82) is 0 Å². The molecule has 2 aromatic carbocycles. The fraction of sp³-hybridized carbons (Fsp3) is 0.0714. The topological polar surface area (TPSA) is 29.1 Å². The molecule has 0 atom stereocenters. The Kier molecular flexibility index (Phi) is 4.68. The average Bonchev–Trinajstić information content (AvgIpc) is 2.41. The first-order chi connectivity index (χ1) is 9.40. The molecule has 1 N–H and O–H groups in total. The first-order valence-corrected chi connectivity index (χ1v) is 7.16. The number of benzene rings is 2. The van der Waals surface area contributed by atoms with Crippen LogP contribution in [-0.4, -0.2) is 5.91 Å². The van der Waals surface area contributed by atoms with Crippen LogP contribution in [0, 0.1) is 12.7 Å². The third kappa shape index (κ3) is 3.14. The lowest BCUT2D eigenvalue weighted by molar-refractivity contribution is 0.102. The number of hydrogen-bond acceptors (Lipinski definition) is 1. The zero-order valence-corrected chi connectivity index (χ0v) is 13.4. The summed E-state index contributed by atoms with van der Waals surface area (Å²) in [5.74, 6) is -0.995. The second-order valence-corrected chi connectivity index (χ2v) is 5.77. The van der Waals surface area contributed by atoms with Gasteiger partial charge in [0.05, 0.1) is 21.3 Å². The largest absolute Gasteiger partial charge is 0.319 e. The van der Waals surface area contributed by atoms with Crippen LogP contribution in [0.3, 0.4) is 0 Å². The van der Waals surface area contributed by atoms with E-state index >= 15 is 0 Å². The Morgan fingerprint density at radius 2 is 1.95 bits per heavy atom. The van der Waals surface area contributed by atoms with Gasteiger partial charge in [-0.2, -0.15) is 0 Å². The maximum Gasteiger partial charge on any atom is 0.256 e. The molecule has 0 aliphatic heterocycles. The van der Waals surface area contributed by atoms with Gasteiger partial charge in [0.2, 0.25) is 0 Å². The molecule has 2 aromatic rings. The quantitative estimate of drug-likeness (QED) is 0.741. The van der Waals surface area contributed by atoms with Crippen LogP contribution >= 0.6 is 39.1 Å². The molecule has 6 heteroatoms. The summed E-state index contributed by atoms with van der Waals surface area (Å²) < 4.78 is 13.7. The molecule has 0 saturated heterocycles. The number of carbonyl (C=O) groups is 1. The highest BCUT2D eigenvalue weighted by molar-refractivity contribution is 9.10. The normalized spacial score (nSPS) is 10.4. The molecule has 0 radical (unpaired) electrons. The van der Waals surface area contributed by atoms with E-state index in [-0.39, 0.29) is 5.56 Å². The minimum absolute atomic E-state index is 0.165. The van der Waals surface area contributed by atoms with Crippen molar-refractivity contribution in [2.75, 3.05) is 5.32 Å². The second kappa shape index (κ2) is 6.12. The number of aryl methyl sites for hydroxylation is 1. The van der Waals surface area contributed by atoms with Crippen LogP contribution in [0.2, 0.25) is 10.0 Å². The highest BCUT2D eigenvalue weighted by Crippen LogP contribution is 2.33. The lowest BCUT2D eigenvalue weighted by Gasteiger charge is -2.12. The highest BCUT2D eigenvalue weighted by atomic mass is 79.9. The molecule has 0 unspecified atom stereocenters. The zero-order chi connectivity index (χ0) is 14.9. The fourth-order valence-corrected chi connectivity index (χ4v) is 2.52. The van der Waals surface area contributed by atoms with E-state index in [1.807, 2.05) is 0 Å². The van der Waals surface area contributed by atoms with E-state index in [9.17, 15) is 9.18 Å². The molecule has 0 spiro atoms. The second-order valence-electron chi connectivity index (χ2n) is 4.13. The molecule has 2 rings (SSSR count). The van der Waals surface area contributed by atoms with Crippen molar-refractivity contribution in [3.63, 3.8) is 0 Å². The molecule has 0 heterocycles. The summed E-state index contributed by atoms with van der Waals surface area (Å²) in [6, 6.07) is 7.24. The number of anilines is 1. The lowest BCUT2D eigenvalue weighted by Crippen LogP contribution is -2.14. The molecular weight excluding hydrogens is 368 g/mol. The van der Waals surface area contributed by atoms with E-state index < -0.39 is 11.7 Å². The molecule has 104 valence electrons. The first kappa shape index (κ1) is 15.3. The average molecular weight is 377 g/mol. The maximum absolute atomic E-state index is 13.2. The fourth-order valence-electron chi connectivity index (χ4n) is 1.62. The molecule has 0 fully saturated rings. The molecule has 1 amide bonds. The lowest BCUT2D eigenvalue weighted by atomic mass is 10.2. The van der Waals surface area contributed by atoms with E-state index in [1.54, 1.807) is 19.1 Å². The third-order valence-electron chi connectivity index (χ3n) is 2.70. The van der Waals surface area contributed by atoms with Gasteiger partial charge in [-0.15, -0.1) is 0 Å². The van der Waals surface area contributed by atoms with Gasteiger partial charge in [0.25, 0.3) is 5.91 Å². The smallest absolute Gasteiger partial charge is 0.256 e. The highest BCUT2D eigenvalue weighted by Gasteiger charge is 2.15. The van der Waals surface area contributed by atoms with Crippen molar-refractivity contribution in [2.45, 2.75) is 6.92 Å². The Morgan fingerprint density at radius 3 is 2.65 bits per heavy atom. The van der Waals surface area contributed by atoms with Crippen molar-refractivity contribution < 1.29 is 9.18 Å². The molecule has 0 saturated carbocycles. The molecule has 0 aliphatic carbocycles. The Bertz CT molecular complexity index is 691. The van der Waals surface area contributed by atoms with Crippen molar-refractivity contribution in [2.24, 2.45) is 0 Å². The summed E-state index contributed by atoms with van der Waals surface area (Å²) in [5.41, 5.74) is 1.26. The predicted molar refractivity (Wildman–Crippen MR) is 83.3 cm³/mol. The van der Waals surface area contributed by atoms with E-state index in [0.717, 1.165) is 11.6 Å². The van der Waals surface area contributed by atoms with E-state index in [4.69, 9.17) is 23.2 Å². The van der Waals surface area contributed by atoms with Crippen molar-refractivity contribution in [3.8, 4) is 0 Å². The van der Waals surface area contributed by atoms with Crippen molar-refractivity contribution >= 4 is 50.7 Å². The Morgan fingerprint density at radius 1 is 1.25 bits per heavy atom. The van der Waals surface area contributed by atoms with Gasteiger partial charge < -0.3 is 5.32 Å².